The third-order valence-electron chi connectivity index (χ3n) is 12.6. The minimum atomic E-state index is -0.317. The molecular weight excluding hydrogens is 434 g/mol. The molecule has 1 aromatic heterocycles. The molecule has 0 bridgehead atoms. The number of rotatable bonds is 1. The number of fused-ring (bicyclic) bond motifs is 8. The Morgan fingerprint density at radius 3 is 2.43 bits per heavy atom. The van der Waals surface area contributed by atoms with Gasteiger partial charge < -0.3 is 9.32 Å². The van der Waals surface area contributed by atoms with Gasteiger partial charge in [0.15, 0.2) is 5.78 Å². The van der Waals surface area contributed by atoms with Crippen LogP contribution in [0.3, 0.4) is 0 Å². The van der Waals surface area contributed by atoms with Crippen LogP contribution in [0.25, 0.3) is 0 Å². The minimum Gasteiger partial charge on any atom is -0.361 e. The smallest absolute Gasteiger partial charge is 0.159 e. The molecule has 5 aliphatic carbocycles. The molecule has 2 unspecified atom stereocenters. The Labute approximate surface area is 210 Å². The summed E-state index contributed by atoms with van der Waals surface area (Å²) in [4.78, 5) is 26.9. The molecule has 0 amide bonds. The zero-order valence-electron chi connectivity index (χ0n) is 22.8. The van der Waals surface area contributed by atoms with Crippen LogP contribution in [0.5, 0.6) is 0 Å². The Kier molecular flexibility index (Phi) is 4.59. The van der Waals surface area contributed by atoms with Gasteiger partial charge in [-0.1, -0.05) is 59.2 Å². The van der Waals surface area contributed by atoms with Crippen LogP contribution in [0.1, 0.15) is 105 Å². The summed E-state index contributed by atoms with van der Waals surface area (Å²) in [6, 6.07) is 0. The van der Waals surface area contributed by atoms with E-state index in [9.17, 15) is 9.59 Å². The first kappa shape index (κ1) is 23.7. The second-order valence-corrected chi connectivity index (χ2v) is 15.1. The Bertz CT molecular complexity index is 1140. The molecule has 4 heteroatoms. The molecule has 4 nitrogen and oxygen atoms in total. The summed E-state index contributed by atoms with van der Waals surface area (Å²) < 4.78 is 5.79. The van der Waals surface area contributed by atoms with Crippen LogP contribution in [-0.4, -0.2) is 17.2 Å². The molecular formula is C31H43NO3. The number of aldehydes is 1. The fourth-order valence-electron chi connectivity index (χ4n) is 10.5. The summed E-state index contributed by atoms with van der Waals surface area (Å²) in [5, 5.41) is 4.19. The largest absolute Gasteiger partial charge is 0.361 e. The van der Waals surface area contributed by atoms with Crippen molar-refractivity contribution in [3.63, 3.8) is 0 Å². The number of carbonyl (C=O) groups excluding carboxylic acids is 2. The van der Waals surface area contributed by atoms with Gasteiger partial charge in [-0.2, -0.15) is 0 Å². The van der Waals surface area contributed by atoms with Gasteiger partial charge >= 0.3 is 0 Å². The minimum absolute atomic E-state index is 0.0434. The first-order valence-corrected chi connectivity index (χ1v) is 13.9. The van der Waals surface area contributed by atoms with Gasteiger partial charge in [-0.05, 0) is 90.9 Å². The zero-order chi connectivity index (χ0) is 25.2. The van der Waals surface area contributed by atoms with Crippen LogP contribution in [-0.2, 0) is 21.4 Å². The topological polar surface area (TPSA) is 60.2 Å². The maximum absolute atomic E-state index is 14.3. The van der Waals surface area contributed by atoms with Gasteiger partial charge in [0, 0.05) is 22.3 Å². The maximum atomic E-state index is 14.3. The summed E-state index contributed by atoms with van der Waals surface area (Å²) in [5.41, 5.74) is 2.07. The van der Waals surface area contributed by atoms with Crippen molar-refractivity contribution in [3.8, 4) is 0 Å². The van der Waals surface area contributed by atoms with Crippen LogP contribution in [0.15, 0.2) is 22.4 Å². The van der Waals surface area contributed by atoms with Crippen molar-refractivity contribution in [1.29, 1.82) is 0 Å². The van der Waals surface area contributed by atoms with Crippen molar-refractivity contribution in [2.75, 3.05) is 0 Å². The highest BCUT2D eigenvalue weighted by Gasteiger charge is 2.70. The quantitative estimate of drug-likeness (QED) is 0.414. The van der Waals surface area contributed by atoms with E-state index < -0.39 is 0 Å². The van der Waals surface area contributed by atoms with E-state index in [1.165, 1.54) is 17.4 Å². The van der Waals surface area contributed by atoms with Crippen molar-refractivity contribution in [2.45, 2.75) is 105 Å². The van der Waals surface area contributed by atoms with Crippen molar-refractivity contribution >= 4 is 12.1 Å². The molecule has 5 aliphatic rings. The summed E-state index contributed by atoms with van der Waals surface area (Å²) in [5.74, 6) is 1.84. The average molecular weight is 478 g/mol. The first-order valence-electron chi connectivity index (χ1n) is 13.9. The molecule has 1 aromatic rings. The summed E-state index contributed by atoms with van der Waals surface area (Å²) in [6.07, 6.45) is 13.3. The van der Waals surface area contributed by atoms with Crippen LogP contribution < -0.4 is 0 Å². The van der Waals surface area contributed by atoms with Crippen LogP contribution in [0.2, 0.25) is 0 Å². The van der Waals surface area contributed by atoms with E-state index >= 15 is 0 Å². The van der Waals surface area contributed by atoms with Gasteiger partial charge in [-0.3, -0.25) is 4.79 Å². The molecule has 0 aliphatic heterocycles. The lowest BCUT2D eigenvalue weighted by Crippen LogP contribution is -2.65. The van der Waals surface area contributed by atoms with E-state index in [-0.39, 0.29) is 44.3 Å². The number of nitrogens with zero attached hydrogens (tertiary/aromatic N) is 1. The zero-order valence-corrected chi connectivity index (χ0v) is 22.8. The maximum Gasteiger partial charge on any atom is 0.159 e. The number of ketones is 1. The van der Waals surface area contributed by atoms with E-state index in [4.69, 9.17) is 4.52 Å². The predicted octanol–water partition coefficient (Wildman–Crippen LogP) is 6.87. The third kappa shape index (κ3) is 2.72. The number of carbonyl (C=O) groups is 2. The van der Waals surface area contributed by atoms with Crippen LogP contribution >= 0.6 is 0 Å². The summed E-state index contributed by atoms with van der Waals surface area (Å²) in [6.45, 7) is 16.6. The van der Waals surface area contributed by atoms with E-state index in [1.54, 1.807) is 0 Å². The first-order chi connectivity index (χ1) is 16.2. The standard InChI is InChI=1S/C31H43NO3/c1-26(2)10-12-31(18-33)13-11-30(7)24(20(31)16-26)21(34)14-23-28(5)15-19-17-32-35-25(19)27(3,4)22(28)8-9-29(23,30)6/h14,17-18,20,22,24H,8-13,15-16H2,1-7H3/t20?,22?,24-,28-,29+,30+,31+/m0/s1. The van der Waals surface area contributed by atoms with E-state index in [1.807, 2.05) is 6.20 Å². The van der Waals surface area contributed by atoms with E-state index in [0.29, 0.717) is 11.7 Å². The Morgan fingerprint density at radius 1 is 1.00 bits per heavy atom. The molecule has 6 rings (SSSR count). The van der Waals surface area contributed by atoms with Crippen LogP contribution in [0.4, 0.5) is 0 Å². The second kappa shape index (κ2) is 6.78. The number of aromatic nitrogens is 1. The number of hydrogen-bond donors (Lipinski definition) is 0. The van der Waals surface area contributed by atoms with Crippen molar-refractivity contribution in [1.82, 2.24) is 5.16 Å². The van der Waals surface area contributed by atoms with E-state index in [0.717, 1.165) is 57.1 Å². The molecule has 0 spiro atoms. The Balaban J connectivity index is 1.51. The van der Waals surface area contributed by atoms with Gasteiger partial charge in [0.1, 0.15) is 12.0 Å². The molecule has 3 fully saturated rings. The highest BCUT2D eigenvalue weighted by molar-refractivity contribution is 5.96. The van der Waals surface area contributed by atoms with Gasteiger partial charge in [-0.25, -0.2) is 0 Å². The predicted molar refractivity (Wildman–Crippen MR) is 136 cm³/mol. The molecule has 0 N–H and O–H groups in total. The monoisotopic (exact) mass is 477 g/mol. The normalized spacial score (nSPS) is 47.3. The number of allylic oxidation sites excluding steroid dienone is 2. The summed E-state index contributed by atoms with van der Waals surface area (Å²) >= 11 is 0. The highest BCUT2D eigenvalue weighted by Crippen LogP contribution is 2.74. The van der Waals surface area contributed by atoms with Crippen molar-refractivity contribution < 1.29 is 14.1 Å². The average Bonchev–Trinajstić information content (AvgIpc) is 3.24. The molecule has 0 radical (unpaired) electrons. The van der Waals surface area contributed by atoms with Gasteiger partial charge in [-0.15, -0.1) is 0 Å². The van der Waals surface area contributed by atoms with Gasteiger partial charge in [0.25, 0.3) is 0 Å². The lowest BCUT2D eigenvalue weighted by atomic mass is 9.34. The lowest BCUT2D eigenvalue weighted by molar-refractivity contribution is -0.172. The molecule has 0 aromatic carbocycles. The molecule has 7 atom stereocenters. The van der Waals surface area contributed by atoms with Crippen LogP contribution in [0, 0.1) is 44.8 Å². The third-order valence-corrected chi connectivity index (χ3v) is 12.6. The van der Waals surface area contributed by atoms with Crippen molar-refractivity contribution in [3.05, 3.63) is 29.2 Å². The molecule has 1 heterocycles. The van der Waals surface area contributed by atoms with E-state index in [2.05, 4.69) is 59.7 Å². The number of hydrogen-bond acceptors (Lipinski definition) is 4. The van der Waals surface area contributed by atoms with Gasteiger partial charge in [0.2, 0.25) is 0 Å². The Morgan fingerprint density at radius 2 is 1.71 bits per heavy atom. The highest BCUT2D eigenvalue weighted by atomic mass is 16.5. The second-order valence-electron chi connectivity index (χ2n) is 15.1. The lowest BCUT2D eigenvalue weighted by Gasteiger charge is -2.69. The fraction of sp³-hybridized carbons (Fsp3) is 0.774. The summed E-state index contributed by atoms with van der Waals surface area (Å²) in [7, 11) is 0. The SMILES string of the molecule is CC1(C)CC[C@]2(C=O)CC[C@]3(C)[C@H](C(=O)C=C4[C@@]5(C)Cc6cnoc6C(C)(C)C5CC[C@]43C)C2C1. The molecule has 0 saturated heterocycles. The molecule has 190 valence electrons. The molecule has 3 saturated carbocycles. The van der Waals surface area contributed by atoms with Crippen molar-refractivity contribution in [2.24, 2.45) is 44.8 Å². The Hall–Kier alpha value is -1.71. The molecule has 35 heavy (non-hydrogen) atoms. The van der Waals surface area contributed by atoms with Gasteiger partial charge in [0.05, 0.1) is 6.20 Å². The fourth-order valence-corrected chi connectivity index (χ4v) is 10.5.